The number of carbonyl (C=O) groups is 1. The van der Waals surface area contributed by atoms with E-state index >= 15 is 0 Å². The van der Waals surface area contributed by atoms with Crippen LogP contribution in [0.3, 0.4) is 0 Å². The third kappa shape index (κ3) is 2.70. The van der Waals surface area contributed by atoms with Crippen LogP contribution in [0.2, 0.25) is 0 Å². The molecule has 7 heteroatoms. The Morgan fingerprint density at radius 2 is 2.05 bits per heavy atom. The molecule has 3 aliphatic rings. The molecular weight excluding hydrogens is 304 g/mol. The van der Waals surface area contributed by atoms with E-state index in [1.807, 2.05) is 0 Å². The van der Waals surface area contributed by atoms with Gasteiger partial charge in [-0.25, -0.2) is 8.42 Å². The van der Waals surface area contributed by atoms with Gasteiger partial charge >= 0.3 is 0 Å². The van der Waals surface area contributed by atoms with Crippen molar-refractivity contribution in [3.05, 3.63) is 35.8 Å². The number of Topliss-reactive ketones (excluding diaryl/α,β-unsaturated/α-hetero) is 1. The minimum absolute atomic E-state index is 0.0414. The monoisotopic (exact) mass is 324 g/mol. The van der Waals surface area contributed by atoms with Crippen molar-refractivity contribution in [1.82, 2.24) is 10.0 Å². The number of hydrogen-bond acceptors (Lipinski definition) is 5. The molecule has 0 bridgehead atoms. The standard InChI is InChI=1S/C15H20N2O4S/c1-10-14(18)12-9-11(17-22(2,19)20)3-4-13(12)21-15(10)5-7-16-8-6-15/h3-4,12,16-17H,1,5-9H2,2H3. The van der Waals surface area contributed by atoms with Crippen molar-refractivity contribution in [2.24, 2.45) is 5.92 Å². The van der Waals surface area contributed by atoms with Crippen molar-refractivity contribution in [1.29, 1.82) is 0 Å². The maximum Gasteiger partial charge on any atom is 0.229 e. The topological polar surface area (TPSA) is 84.5 Å². The van der Waals surface area contributed by atoms with E-state index in [-0.39, 0.29) is 5.78 Å². The lowest BCUT2D eigenvalue weighted by molar-refractivity contribution is -0.129. The van der Waals surface area contributed by atoms with Crippen LogP contribution in [0.5, 0.6) is 0 Å². The molecule has 0 aromatic rings. The van der Waals surface area contributed by atoms with E-state index in [1.165, 1.54) is 0 Å². The zero-order valence-corrected chi connectivity index (χ0v) is 13.3. The summed E-state index contributed by atoms with van der Waals surface area (Å²) in [6, 6.07) is 0. The van der Waals surface area contributed by atoms with Crippen molar-refractivity contribution in [3.63, 3.8) is 0 Å². The summed E-state index contributed by atoms with van der Waals surface area (Å²) < 4.78 is 31.3. The average molecular weight is 324 g/mol. The van der Waals surface area contributed by atoms with Crippen LogP contribution >= 0.6 is 0 Å². The zero-order valence-electron chi connectivity index (χ0n) is 12.5. The van der Waals surface area contributed by atoms with E-state index in [0.717, 1.165) is 32.2 Å². The lowest BCUT2D eigenvalue weighted by atomic mass is 9.75. The summed E-state index contributed by atoms with van der Waals surface area (Å²) in [6.45, 7) is 5.56. The number of ketones is 1. The second kappa shape index (κ2) is 5.24. The SMILES string of the molecule is C=C1C(=O)C2CC(NS(C)(=O)=O)=CC=C2OC12CCNCC2. The lowest BCUT2D eigenvalue weighted by Crippen LogP contribution is -2.52. The van der Waals surface area contributed by atoms with E-state index in [0.29, 0.717) is 23.5 Å². The molecule has 6 nitrogen and oxygen atoms in total. The quantitative estimate of drug-likeness (QED) is 0.727. The number of carbonyl (C=O) groups excluding carboxylic acids is 1. The normalized spacial score (nSPS) is 27.6. The minimum Gasteiger partial charge on any atom is -0.486 e. The summed E-state index contributed by atoms with van der Waals surface area (Å²) in [6.07, 6.45) is 6.21. The zero-order chi connectivity index (χ0) is 16.0. The van der Waals surface area contributed by atoms with Crippen LogP contribution < -0.4 is 10.0 Å². The lowest BCUT2D eigenvalue weighted by Gasteiger charge is -2.45. The van der Waals surface area contributed by atoms with Gasteiger partial charge < -0.3 is 10.1 Å². The largest absolute Gasteiger partial charge is 0.486 e. The van der Waals surface area contributed by atoms with Gasteiger partial charge in [0.2, 0.25) is 10.0 Å². The molecule has 2 fully saturated rings. The Morgan fingerprint density at radius 3 is 2.68 bits per heavy atom. The van der Waals surface area contributed by atoms with Gasteiger partial charge in [-0.2, -0.15) is 0 Å². The molecule has 1 aliphatic carbocycles. The summed E-state index contributed by atoms with van der Waals surface area (Å²) in [5.74, 6) is 0.112. The van der Waals surface area contributed by atoms with Gasteiger partial charge in [-0.05, 0) is 25.2 Å². The fourth-order valence-electron chi connectivity index (χ4n) is 3.28. The maximum absolute atomic E-state index is 12.7. The Labute approximate surface area is 130 Å². The molecule has 2 saturated heterocycles. The number of rotatable bonds is 2. The predicted molar refractivity (Wildman–Crippen MR) is 82.3 cm³/mol. The molecular formula is C15H20N2O4S. The Hall–Kier alpha value is -1.60. The van der Waals surface area contributed by atoms with Gasteiger partial charge in [-0.1, -0.05) is 6.58 Å². The minimum atomic E-state index is -3.35. The van der Waals surface area contributed by atoms with Crippen molar-refractivity contribution in [2.45, 2.75) is 24.9 Å². The number of hydrogen-bond donors (Lipinski definition) is 2. The molecule has 0 aromatic heterocycles. The third-order valence-electron chi connectivity index (χ3n) is 4.42. The summed E-state index contributed by atoms with van der Waals surface area (Å²) in [5, 5.41) is 3.26. The molecule has 2 heterocycles. The Morgan fingerprint density at radius 1 is 1.36 bits per heavy atom. The van der Waals surface area contributed by atoms with Crippen LogP contribution in [0.1, 0.15) is 19.3 Å². The van der Waals surface area contributed by atoms with Gasteiger partial charge in [0, 0.05) is 30.5 Å². The van der Waals surface area contributed by atoms with Crippen LogP contribution in [-0.2, 0) is 19.6 Å². The van der Waals surface area contributed by atoms with Crippen molar-refractivity contribution >= 4 is 15.8 Å². The Kier molecular flexibility index (Phi) is 3.65. The molecule has 1 atom stereocenters. The van der Waals surface area contributed by atoms with Crippen LogP contribution in [0, 0.1) is 5.92 Å². The highest BCUT2D eigenvalue weighted by molar-refractivity contribution is 7.88. The van der Waals surface area contributed by atoms with E-state index < -0.39 is 21.5 Å². The molecule has 120 valence electrons. The molecule has 22 heavy (non-hydrogen) atoms. The molecule has 1 spiro atoms. The molecule has 2 aliphatic heterocycles. The number of piperidine rings is 1. The number of sulfonamides is 1. The highest BCUT2D eigenvalue weighted by Crippen LogP contribution is 2.44. The van der Waals surface area contributed by atoms with Crippen molar-refractivity contribution in [3.8, 4) is 0 Å². The van der Waals surface area contributed by atoms with Gasteiger partial charge in [0.05, 0.1) is 12.2 Å². The first-order valence-electron chi connectivity index (χ1n) is 7.33. The third-order valence-corrected chi connectivity index (χ3v) is 5.05. The number of allylic oxidation sites excluding steroid dienone is 4. The molecule has 0 amide bonds. The molecule has 1 unspecified atom stereocenters. The first-order chi connectivity index (χ1) is 10.3. The number of fused-ring (bicyclic) bond motifs is 1. The maximum atomic E-state index is 12.7. The first kappa shape index (κ1) is 15.3. The van der Waals surface area contributed by atoms with E-state index in [9.17, 15) is 13.2 Å². The van der Waals surface area contributed by atoms with Gasteiger partial charge in [-0.15, -0.1) is 0 Å². The molecule has 0 saturated carbocycles. The molecule has 0 radical (unpaired) electrons. The second-order valence-electron chi connectivity index (χ2n) is 6.08. The first-order valence-corrected chi connectivity index (χ1v) is 9.22. The molecule has 2 N–H and O–H groups in total. The summed E-state index contributed by atoms with van der Waals surface area (Å²) >= 11 is 0. The summed E-state index contributed by atoms with van der Waals surface area (Å²) in [7, 11) is -3.35. The Bertz CT molecular complexity index is 684. The number of nitrogens with one attached hydrogen (secondary N) is 2. The van der Waals surface area contributed by atoms with E-state index in [1.54, 1.807) is 12.2 Å². The fourth-order valence-corrected chi connectivity index (χ4v) is 3.91. The van der Waals surface area contributed by atoms with Crippen LogP contribution in [0.25, 0.3) is 0 Å². The molecule has 3 rings (SSSR count). The summed E-state index contributed by atoms with van der Waals surface area (Å²) in [5.41, 5.74) is 0.416. The van der Waals surface area contributed by atoms with Crippen LogP contribution in [0.4, 0.5) is 0 Å². The predicted octanol–water partition coefficient (Wildman–Crippen LogP) is 0.601. The highest BCUT2D eigenvalue weighted by atomic mass is 32.2. The van der Waals surface area contributed by atoms with Crippen molar-refractivity contribution in [2.75, 3.05) is 19.3 Å². The second-order valence-corrected chi connectivity index (χ2v) is 7.83. The molecule has 0 aromatic carbocycles. The van der Waals surface area contributed by atoms with E-state index in [2.05, 4.69) is 16.6 Å². The Balaban J connectivity index is 1.89. The van der Waals surface area contributed by atoms with Crippen LogP contribution in [0.15, 0.2) is 35.8 Å². The fraction of sp³-hybridized carbons (Fsp3) is 0.533. The smallest absolute Gasteiger partial charge is 0.229 e. The van der Waals surface area contributed by atoms with Gasteiger partial charge in [0.25, 0.3) is 0 Å². The van der Waals surface area contributed by atoms with Gasteiger partial charge in [0.1, 0.15) is 11.4 Å². The van der Waals surface area contributed by atoms with Gasteiger partial charge in [-0.3, -0.25) is 9.52 Å². The van der Waals surface area contributed by atoms with E-state index in [4.69, 9.17) is 4.74 Å². The highest BCUT2D eigenvalue weighted by Gasteiger charge is 2.48. The summed E-state index contributed by atoms with van der Waals surface area (Å²) in [4.78, 5) is 12.7. The van der Waals surface area contributed by atoms with Crippen molar-refractivity contribution < 1.29 is 17.9 Å². The average Bonchev–Trinajstić information content (AvgIpc) is 2.45. The number of ether oxygens (including phenoxy) is 1. The van der Waals surface area contributed by atoms with Gasteiger partial charge in [0.15, 0.2) is 5.78 Å². The van der Waals surface area contributed by atoms with Crippen LogP contribution in [-0.4, -0.2) is 39.1 Å².